The van der Waals surface area contributed by atoms with E-state index in [-0.39, 0.29) is 0 Å². The van der Waals surface area contributed by atoms with Crippen LogP contribution in [-0.2, 0) is 0 Å². The van der Waals surface area contributed by atoms with Gasteiger partial charge in [0.1, 0.15) is 0 Å². The van der Waals surface area contributed by atoms with Crippen molar-refractivity contribution in [1.82, 2.24) is 0 Å². The van der Waals surface area contributed by atoms with Crippen LogP contribution in [0.4, 0.5) is 0 Å². The lowest BCUT2D eigenvalue weighted by Gasteiger charge is -2.02. The molecule has 0 heteroatoms. The predicted molar refractivity (Wildman–Crippen MR) is 71.2 cm³/mol. The van der Waals surface area contributed by atoms with Crippen LogP contribution in [0, 0.1) is 5.92 Å². The molecule has 0 saturated carbocycles. The van der Waals surface area contributed by atoms with Crippen LogP contribution in [0.15, 0.2) is 12.2 Å². The summed E-state index contributed by atoms with van der Waals surface area (Å²) >= 11 is 0. The molecular weight excluding hydrogens is 180 g/mol. The zero-order valence-corrected chi connectivity index (χ0v) is 11.1. The highest BCUT2D eigenvalue weighted by Crippen LogP contribution is 2.09. The number of hydrogen-bond donors (Lipinski definition) is 0. The van der Waals surface area contributed by atoms with E-state index in [9.17, 15) is 0 Å². The van der Waals surface area contributed by atoms with E-state index in [0.29, 0.717) is 0 Å². The van der Waals surface area contributed by atoms with Crippen LogP contribution in [0.25, 0.3) is 0 Å². The van der Waals surface area contributed by atoms with Crippen molar-refractivity contribution < 1.29 is 0 Å². The molecule has 90 valence electrons. The highest BCUT2D eigenvalue weighted by molar-refractivity contribution is 4.82. The van der Waals surface area contributed by atoms with Crippen molar-refractivity contribution in [3.8, 4) is 0 Å². The molecule has 0 nitrogen and oxygen atoms in total. The van der Waals surface area contributed by atoms with Gasteiger partial charge in [0.2, 0.25) is 0 Å². The van der Waals surface area contributed by atoms with Crippen LogP contribution in [0.5, 0.6) is 0 Å². The number of unbranched alkanes of at least 4 members (excludes halogenated alkanes) is 6. The molecule has 0 aliphatic heterocycles. The van der Waals surface area contributed by atoms with Crippen LogP contribution in [-0.4, -0.2) is 0 Å². The Balaban J connectivity index is 3.09. The van der Waals surface area contributed by atoms with E-state index in [4.69, 9.17) is 0 Å². The monoisotopic (exact) mass is 210 g/mol. The number of hydrogen-bond acceptors (Lipinski definition) is 0. The van der Waals surface area contributed by atoms with Gasteiger partial charge in [0.25, 0.3) is 0 Å². The fourth-order valence-corrected chi connectivity index (χ4v) is 1.66. The van der Waals surface area contributed by atoms with Crippen molar-refractivity contribution in [3.05, 3.63) is 12.2 Å². The molecule has 0 fully saturated rings. The molecule has 0 aromatic heterocycles. The molecule has 0 spiro atoms. The van der Waals surface area contributed by atoms with Gasteiger partial charge in [-0.15, -0.1) is 0 Å². The summed E-state index contributed by atoms with van der Waals surface area (Å²) in [7, 11) is 0. The third-order valence-corrected chi connectivity index (χ3v) is 3.13. The summed E-state index contributed by atoms with van der Waals surface area (Å²) in [6, 6.07) is 0. The lowest BCUT2D eigenvalue weighted by molar-refractivity contribution is 0.570. The summed E-state index contributed by atoms with van der Waals surface area (Å²) in [5.41, 5.74) is 0. The molecule has 15 heavy (non-hydrogen) atoms. The largest absolute Gasteiger partial charge is 0.0885 e. The Kier molecular flexibility index (Phi) is 11.6. The van der Waals surface area contributed by atoms with Gasteiger partial charge in [-0.1, -0.05) is 71.4 Å². The minimum absolute atomic E-state index is 0.866. The molecule has 0 aliphatic rings. The molecule has 0 aromatic carbocycles. The minimum atomic E-state index is 0.866. The van der Waals surface area contributed by atoms with Gasteiger partial charge >= 0.3 is 0 Å². The maximum atomic E-state index is 2.38. The Bertz CT molecular complexity index is 135. The third-order valence-electron chi connectivity index (χ3n) is 3.13. The van der Waals surface area contributed by atoms with Crippen molar-refractivity contribution in [2.45, 2.75) is 78.6 Å². The predicted octanol–water partition coefficient (Wildman–Crippen LogP) is 5.73. The van der Waals surface area contributed by atoms with Gasteiger partial charge in [0.15, 0.2) is 0 Å². The molecule has 1 unspecified atom stereocenters. The van der Waals surface area contributed by atoms with E-state index in [2.05, 4.69) is 32.9 Å². The second-order valence-electron chi connectivity index (χ2n) is 4.78. The molecule has 0 N–H and O–H groups in total. The lowest BCUT2D eigenvalue weighted by atomic mass is 10.0. The van der Waals surface area contributed by atoms with Crippen molar-refractivity contribution in [2.75, 3.05) is 0 Å². The Hall–Kier alpha value is -0.260. The van der Waals surface area contributed by atoms with Crippen molar-refractivity contribution in [3.63, 3.8) is 0 Å². The van der Waals surface area contributed by atoms with Crippen LogP contribution < -0.4 is 0 Å². The average Bonchev–Trinajstić information content (AvgIpc) is 2.26. The zero-order valence-electron chi connectivity index (χ0n) is 11.1. The maximum absolute atomic E-state index is 2.38. The van der Waals surface area contributed by atoms with Gasteiger partial charge < -0.3 is 0 Å². The van der Waals surface area contributed by atoms with Gasteiger partial charge in [0, 0.05) is 0 Å². The van der Waals surface area contributed by atoms with E-state index < -0.39 is 0 Å². The molecule has 0 heterocycles. The molecule has 0 aliphatic carbocycles. The highest BCUT2D eigenvalue weighted by atomic mass is 14.0. The zero-order chi connectivity index (χ0) is 11.4. The lowest BCUT2D eigenvalue weighted by Crippen LogP contribution is -1.87. The molecule has 0 bridgehead atoms. The molecule has 0 rings (SSSR count). The van der Waals surface area contributed by atoms with Crippen LogP contribution in [0.3, 0.4) is 0 Å². The van der Waals surface area contributed by atoms with E-state index >= 15 is 0 Å². The summed E-state index contributed by atoms with van der Waals surface area (Å²) in [5.74, 6) is 0.866. The summed E-state index contributed by atoms with van der Waals surface area (Å²) in [6.07, 6.45) is 17.1. The summed E-state index contributed by atoms with van der Waals surface area (Å²) in [6.45, 7) is 6.87. The second kappa shape index (κ2) is 11.8. The first kappa shape index (κ1) is 14.7. The molecule has 0 aromatic rings. The number of allylic oxidation sites excluding steroid dienone is 2. The smallest absolute Gasteiger partial charge is 0.0325 e. The van der Waals surface area contributed by atoms with Crippen LogP contribution >= 0.6 is 0 Å². The normalized spacial score (nSPS) is 13.5. The standard InChI is InChI=1S/C15H30/c1-4-6-7-8-9-10-11-12-13-14-15(3)5-2/h12-13,15H,4-11,14H2,1-3H3. The van der Waals surface area contributed by atoms with E-state index in [1.807, 2.05) is 0 Å². The fourth-order valence-electron chi connectivity index (χ4n) is 1.66. The van der Waals surface area contributed by atoms with Crippen LogP contribution in [0.2, 0.25) is 0 Å². The Morgan fingerprint density at radius 3 is 2.20 bits per heavy atom. The SMILES string of the molecule is CCCCCCCCC=CCC(C)CC. The quantitative estimate of drug-likeness (QED) is 0.319. The van der Waals surface area contributed by atoms with E-state index in [0.717, 1.165) is 5.92 Å². The van der Waals surface area contributed by atoms with Crippen molar-refractivity contribution in [2.24, 2.45) is 5.92 Å². The van der Waals surface area contributed by atoms with Gasteiger partial charge in [-0.3, -0.25) is 0 Å². The third kappa shape index (κ3) is 11.7. The minimum Gasteiger partial charge on any atom is -0.0885 e. The second-order valence-corrected chi connectivity index (χ2v) is 4.78. The van der Waals surface area contributed by atoms with Crippen molar-refractivity contribution >= 4 is 0 Å². The first-order valence-electron chi connectivity index (χ1n) is 6.96. The molecule has 0 amide bonds. The first-order valence-corrected chi connectivity index (χ1v) is 6.96. The summed E-state index contributed by atoms with van der Waals surface area (Å²) in [5, 5.41) is 0. The first-order chi connectivity index (χ1) is 7.31. The van der Waals surface area contributed by atoms with Gasteiger partial charge in [0.05, 0.1) is 0 Å². The van der Waals surface area contributed by atoms with E-state index in [1.54, 1.807) is 0 Å². The molecular formula is C15H30. The molecule has 0 radical (unpaired) electrons. The van der Waals surface area contributed by atoms with Crippen LogP contribution in [0.1, 0.15) is 78.6 Å². The average molecular weight is 210 g/mol. The topological polar surface area (TPSA) is 0 Å². The van der Waals surface area contributed by atoms with Crippen molar-refractivity contribution in [1.29, 1.82) is 0 Å². The molecule has 1 atom stereocenters. The fraction of sp³-hybridized carbons (Fsp3) is 0.867. The maximum Gasteiger partial charge on any atom is -0.0325 e. The summed E-state index contributed by atoms with van der Waals surface area (Å²) in [4.78, 5) is 0. The molecule has 0 saturated heterocycles. The van der Waals surface area contributed by atoms with E-state index in [1.165, 1.54) is 57.8 Å². The van der Waals surface area contributed by atoms with Gasteiger partial charge in [-0.2, -0.15) is 0 Å². The number of rotatable bonds is 10. The Morgan fingerprint density at radius 2 is 1.53 bits per heavy atom. The highest BCUT2D eigenvalue weighted by Gasteiger charge is 1.93. The van der Waals surface area contributed by atoms with Gasteiger partial charge in [-0.25, -0.2) is 0 Å². The summed E-state index contributed by atoms with van der Waals surface area (Å²) < 4.78 is 0. The Morgan fingerprint density at radius 1 is 0.867 bits per heavy atom. The van der Waals surface area contributed by atoms with Gasteiger partial charge in [-0.05, 0) is 25.2 Å². The Labute approximate surface area is 97.2 Å².